The van der Waals surface area contributed by atoms with Crippen LogP contribution in [0.5, 0.6) is 0 Å². The Bertz CT molecular complexity index is 620. The van der Waals surface area contributed by atoms with Crippen molar-refractivity contribution < 1.29 is 8.78 Å². The van der Waals surface area contributed by atoms with Crippen LogP contribution in [0.2, 0.25) is 0 Å². The summed E-state index contributed by atoms with van der Waals surface area (Å²) in [6.45, 7) is 0. The lowest BCUT2D eigenvalue weighted by Gasteiger charge is -2.48. The van der Waals surface area contributed by atoms with Gasteiger partial charge in [0.1, 0.15) is 11.6 Å². The molecule has 2 aromatic carbocycles. The Labute approximate surface area is 124 Å². The molecule has 1 saturated carbocycles. The standard InChI is InChI=1S/C18H19F2N/c1-21-17(15-12-14(19)8-9-16(15)20)18(10-5-11-18)13-6-3-2-4-7-13/h2-4,6-9,12,17,21H,5,10-11H2,1H3. The first kappa shape index (κ1) is 14.2. The molecule has 1 aliphatic carbocycles. The molecule has 1 nitrogen and oxygen atoms in total. The average molecular weight is 287 g/mol. The van der Waals surface area contributed by atoms with Gasteiger partial charge in [-0.3, -0.25) is 0 Å². The first-order valence-corrected chi connectivity index (χ1v) is 7.35. The fourth-order valence-corrected chi connectivity index (χ4v) is 3.54. The number of likely N-dealkylation sites (N-methyl/N-ethyl adjacent to an activating group) is 1. The number of benzene rings is 2. The van der Waals surface area contributed by atoms with E-state index in [1.165, 1.54) is 23.8 Å². The van der Waals surface area contributed by atoms with E-state index in [0.717, 1.165) is 19.3 Å². The Morgan fingerprint density at radius 2 is 1.76 bits per heavy atom. The third kappa shape index (κ3) is 2.36. The van der Waals surface area contributed by atoms with Gasteiger partial charge in [-0.25, -0.2) is 8.78 Å². The first-order chi connectivity index (χ1) is 10.2. The van der Waals surface area contributed by atoms with Crippen molar-refractivity contribution in [1.82, 2.24) is 5.32 Å². The van der Waals surface area contributed by atoms with Gasteiger partial charge in [0, 0.05) is 17.0 Å². The second-order valence-electron chi connectivity index (χ2n) is 5.76. The monoisotopic (exact) mass is 287 g/mol. The zero-order chi connectivity index (χ0) is 14.9. The topological polar surface area (TPSA) is 12.0 Å². The molecule has 0 aromatic heterocycles. The Hall–Kier alpha value is -1.74. The predicted molar refractivity (Wildman–Crippen MR) is 80.1 cm³/mol. The van der Waals surface area contributed by atoms with E-state index in [1.54, 1.807) is 0 Å². The van der Waals surface area contributed by atoms with Crippen molar-refractivity contribution in [2.24, 2.45) is 0 Å². The minimum Gasteiger partial charge on any atom is -0.312 e. The molecule has 1 N–H and O–H groups in total. The molecule has 0 amide bonds. The maximum atomic E-state index is 14.2. The van der Waals surface area contributed by atoms with E-state index in [-0.39, 0.29) is 17.3 Å². The summed E-state index contributed by atoms with van der Waals surface area (Å²) in [7, 11) is 1.82. The summed E-state index contributed by atoms with van der Waals surface area (Å²) in [4.78, 5) is 0. The van der Waals surface area contributed by atoms with Crippen LogP contribution >= 0.6 is 0 Å². The van der Waals surface area contributed by atoms with Gasteiger partial charge in [-0.1, -0.05) is 36.8 Å². The molecule has 0 radical (unpaired) electrons. The molecular weight excluding hydrogens is 268 g/mol. The molecule has 2 aromatic rings. The summed E-state index contributed by atoms with van der Waals surface area (Å²) in [6, 6.07) is 13.6. The van der Waals surface area contributed by atoms with Crippen LogP contribution in [0, 0.1) is 11.6 Å². The van der Waals surface area contributed by atoms with Crippen LogP contribution < -0.4 is 5.32 Å². The van der Waals surface area contributed by atoms with Crippen molar-refractivity contribution in [3.8, 4) is 0 Å². The van der Waals surface area contributed by atoms with Crippen molar-refractivity contribution in [3.63, 3.8) is 0 Å². The number of rotatable bonds is 4. The number of hydrogen-bond acceptors (Lipinski definition) is 1. The fourth-order valence-electron chi connectivity index (χ4n) is 3.54. The maximum Gasteiger partial charge on any atom is 0.128 e. The first-order valence-electron chi connectivity index (χ1n) is 7.35. The molecule has 0 heterocycles. The highest BCUT2D eigenvalue weighted by atomic mass is 19.1. The summed E-state index contributed by atoms with van der Waals surface area (Å²) < 4.78 is 27.8. The molecule has 0 aliphatic heterocycles. The molecule has 110 valence electrons. The lowest BCUT2D eigenvalue weighted by molar-refractivity contribution is 0.172. The zero-order valence-electron chi connectivity index (χ0n) is 12.1. The van der Waals surface area contributed by atoms with Crippen molar-refractivity contribution in [3.05, 3.63) is 71.3 Å². The molecule has 0 spiro atoms. The number of halogens is 2. The fraction of sp³-hybridized carbons (Fsp3) is 0.333. The normalized spacial score (nSPS) is 18.0. The molecule has 21 heavy (non-hydrogen) atoms. The van der Waals surface area contributed by atoms with Gasteiger partial charge < -0.3 is 5.32 Å². The minimum atomic E-state index is -0.394. The van der Waals surface area contributed by atoms with Crippen molar-refractivity contribution in [2.75, 3.05) is 7.05 Å². The van der Waals surface area contributed by atoms with E-state index >= 15 is 0 Å². The van der Waals surface area contributed by atoms with Gasteiger partial charge in [0.05, 0.1) is 0 Å². The van der Waals surface area contributed by atoms with Gasteiger partial charge in [-0.2, -0.15) is 0 Å². The number of hydrogen-bond donors (Lipinski definition) is 1. The molecule has 1 unspecified atom stereocenters. The van der Waals surface area contributed by atoms with Crippen LogP contribution in [-0.4, -0.2) is 7.05 Å². The maximum absolute atomic E-state index is 14.2. The second kappa shape index (κ2) is 5.57. The second-order valence-corrected chi connectivity index (χ2v) is 5.76. The highest BCUT2D eigenvalue weighted by Gasteiger charge is 2.46. The van der Waals surface area contributed by atoms with Gasteiger partial charge in [0.2, 0.25) is 0 Å². The van der Waals surface area contributed by atoms with Gasteiger partial charge in [-0.05, 0) is 43.7 Å². The highest BCUT2D eigenvalue weighted by Crippen LogP contribution is 2.52. The van der Waals surface area contributed by atoms with E-state index in [2.05, 4.69) is 17.4 Å². The van der Waals surface area contributed by atoms with E-state index in [0.29, 0.717) is 5.56 Å². The Morgan fingerprint density at radius 3 is 2.33 bits per heavy atom. The van der Waals surface area contributed by atoms with Gasteiger partial charge >= 0.3 is 0 Å². The largest absolute Gasteiger partial charge is 0.312 e. The molecular formula is C18H19F2N. The van der Waals surface area contributed by atoms with E-state index in [4.69, 9.17) is 0 Å². The Morgan fingerprint density at radius 1 is 1.05 bits per heavy atom. The summed E-state index contributed by atoms with van der Waals surface area (Å²) >= 11 is 0. The SMILES string of the molecule is CNC(c1cc(F)ccc1F)C1(c2ccccc2)CCC1. The Kier molecular flexibility index (Phi) is 3.77. The van der Waals surface area contributed by atoms with E-state index in [9.17, 15) is 8.78 Å². The minimum absolute atomic E-state index is 0.148. The molecule has 1 fully saturated rings. The van der Waals surface area contributed by atoms with Crippen LogP contribution in [0.15, 0.2) is 48.5 Å². The summed E-state index contributed by atoms with van der Waals surface area (Å²) in [6.07, 6.45) is 3.08. The molecule has 0 bridgehead atoms. The van der Waals surface area contributed by atoms with Crippen LogP contribution in [0.1, 0.15) is 36.4 Å². The van der Waals surface area contributed by atoms with E-state index < -0.39 is 5.82 Å². The van der Waals surface area contributed by atoms with Crippen LogP contribution in [-0.2, 0) is 5.41 Å². The Balaban J connectivity index is 2.08. The third-order valence-electron chi connectivity index (χ3n) is 4.70. The van der Waals surface area contributed by atoms with Gasteiger partial charge in [0.15, 0.2) is 0 Å². The number of nitrogens with one attached hydrogen (secondary N) is 1. The molecule has 1 atom stereocenters. The lowest BCUT2D eigenvalue weighted by Crippen LogP contribution is -2.46. The molecule has 3 rings (SSSR count). The smallest absolute Gasteiger partial charge is 0.128 e. The van der Waals surface area contributed by atoms with E-state index in [1.807, 2.05) is 25.2 Å². The van der Waals surface area contributed by atoms with Gasteiger partial charge in [0.25, 0.3) is 0 Å². The third-order valence-corrected chi connectivity index (χ3v) is 4.70. The van der Waals surface area contributed by atoms with Crippen molar-refractivity contribution in [1.29, 1.82) is 0 Å². The summed E-state index contributed by atoms with van der Waals surface area (Å²) in [5.74, 6) is -0.743. The van der Waals surface area contributed by atoms with Crippen LogP contribution in [0.4, 0.5) is 8.78 Å². The lowest BCUT2D eigenvalue weighted by atomic mass is 9.58. The highest BCUT2D eigenvalue weighted by molar-refractivity contribution is 5.36. The van der Waals surface area contributed by atoms with Crippen molar-refractivity contribution >= 4 is 0 Å². The predicted octanol–water partition coefficient (Wildman–Crippen LogP) is 4.35. The summed E-state index contributed by atoms with van der Waals surface area (Å²) in [5, 5.41) is 3.22. The molecule has 1 aliphatic rings. The van der Waals surface area contributed by atoms with Crippen LogP contribution in [0.25, 0.3) is 0 Å². The molecule has 3 heteroatoms. The van der Waals surface area contributed by atoms with Gasteiger partial charge in [-0.15, -0.1) is 0 Å². The zero-order valence-corrected chi connectivity index (χ0v) is 12.1. The quantitative estimate of drug-likeness (QED) is 0.881. The van der Waals surface area contributed by atoms with Crippen molar-refractivity contribution in [2.45, 2.75) is 30.7 Å². The summed E-state index contributed by atoms with van der Waals surface area (Å²) in [5.41, 5.74) is 1.46. The van der Waals surface area contributed by atoms with Crippen LogP contribution in [0.3, 0.4) is 0 Å². The molecule has 0 saturated heterocycles. The average Bonchev–Trinajstić information content (AvgIpc) is 2.46.